The summed E-state index contributed by atoms with van der Waals surface area (Å²) in [6.07, 6.45) is 1.67. The summed E-state index contributed by atoms with van der Waals surface area (Å²) in [4.78, 5) is 0. The first-order chi connectivity index (χ1) is 7.57. The van der Waals surface area contributed by atoms with E-state index in [9.17, 15) is 4.39 Å². The highest BCUT2D eigenvalue weighted by Crippen LogP contribution is 2.32. The Labute approximate surface area is 94.0 Å². The van der Waals surface area contributed by atoms with Gasteiger partial charge in [0.25, 0.3) is 0 Å². The van der Waals surface area contributed by atoms with E-state index in [2.05, 4.69) is 0 Å². The van der Waals surface area contributed by atoms with Crippen LogP contribution >= 0.6 is 0 Å². The fraction of sp³-hybridized carbons (Fsp3) is 0.500. The molecule has 0 aliphatic heterocycles. The average Bonchev–Trinajstić information content (AvgIpc) is 2.15. The molecular formula is C12H16FNO2. The van der Waals surface area contributed by atoms with Crippen LogP contribution in [0.25, 0.3) is 0 Å². The number of ether oxygens (including phenoxy) is 1. The molecule has 0 spiro atoms. The van der Waals surface area contributed by atoms with Gasteiger partial charge in [0.2, 0.25) is 0 Å². The van der Waals surface area contributed by atoms with E-state index in [1.165, 1.54) is 12.1 Å². The van der Waals surface area contributed by atoms with Crippen LogP contribution in [0.3, 0.4) is 0 Å². The zero-order valence-corrected chi connectivity index (χ0v) is 9.03. The molecule has 0 heterocycles. The van der Waals surface area contributed by atoms with Crippen molar-refractivity contribution in [3.05, 3.63) is 30.1 Å². The number of hydrogen-bond donors (Lipinski definition) is 2. The van der Waals surface area contributed by atoms with Gasteiger partial charge >= 0.3 is 0 Å². The summed E-state index contributed by atoms with van der Waals surface area (Å²) in [5.41, 5.74) is 5.67. The lowest BCUT2D eigenvalue weighted by molar-refractivity contribution is 0.0127. The van der Waals surface area contributed by atoms with Crippen LogP contribution in [0.1, 0.15) is 19.3 Å². The lowest BCUT2D eigenvalue weighted by atomic mass is 9.73. The Kier molecular flexibility index (Phi) is 3.12. The number of nitrogens with two attached hydrogens (primary N) is 1. The molecule has 0 radical (unpaired) electrons. The summed E-state index contributed by atoms with van der Waals surface area (Å²) in [7, 11) is 0. The smallest absolute Gasteiger partial charge is 0.126 e. The third kappa shape index (κ3) is 2.71. The molecule has 0 saturated heterocycles. The van der Waals surface area contributed by atoms with Crippen LogP contribution in [0.4, 0.5) is 4.39 Å². The predicted octanol–water partition coefficient (Wildman–Crippen LogP) is 1.45. The van der Waals surface area contributed by atoms with Crippen LogP contribution in [-0.4, -0.2) is 23.4 Å². The standard InChI is InChI=1S/C12H16FNO2/c13-9-2-1-3-11(6-9)16-5-4-12(14)7-10(15)8-12/h1-3,6,10,15H,4-5,7-8,14H2. The SMILES string of the molecule is NC1(CCOc2cccc(F)c2)CC(O)C1. The lowest BCUT2D eigenvalue weighted by Crippen LogP contribution is -2.55. The van der Waals surface area contributed by atoms with Crippen LogP contribution in [0.5, 0.6) is 5.75 Å². The number of halogens is 1. The van der Waals surface area contributed by atoms with Crippen molar-refractivity contribution in [2.75, 3.05) is 6.61 Å². The van der Waals surface area contributed by atoms with Gasteiger partial charge in [0, 0.05) is 11.6 Å². The molecule has 1 aliphatic carbocycles. The molecule has 3 N–H and O–H groups in total. The molecule has 1 aromatic rings. The maximum Gasteiger partial charge on any atom is 0.126 e. The average molecular weight is 225 g/mol. The van der Waals surface area contributed by atoms with Gasteiger partial charge in [-0.05, 0) is 31.4 Å². The molecule has 1 fully saturated rings. The first-order valence-electron chi connectivity index (χ1n) is 5.43. The molecule has 88 valence electrons. The molecule has 0 aromatic heterocycles. The van der Waals surface area contributed by atoms with Crippen molar-refractivity contribution in [1.82, 2.24) is 0 Å². The van der Waals surface area contributed by atoms with Gasteiger partial charge in [0.05, 0.1) is 12.7 Å². The van der Waals surface area contributed by atoms with Gasteiger partial charge in [-0.3, -0.25) is 0 Å². The highest BCUT2D eigenvalue weighted by atomic mass is 19.1. The number of aliphatic hydroxyl groups excluding tert-OH is 1. The van der Waals surface area contributed by atoms with Gasteiger partial charge in [-0.2, -0.15) is 0 Å². The topological polar surface area (TPSA) is 55.5 Å². The monoisotopic (exact) mass is 225 g/mol. The Balaban J connectivity index is 1.76. The molecule has 0 bridgehead atoms. The highest BCUT2D eigenvalue weighted by molar-refractivity contribution is 5.22. The van der Waals surface area contributed by atoms with E-state index in [0.717, 1.165) is 0 Å². The Morgan fingerprint density at radius 3 is 2.88 bits per heavy atom. The quantitative estimate of drug-likeness (QED) is 0.815. The van der Waals surface area contributed by atoms with Crippen LogP contribution in [0.2, 0.25) is 0 Å². The van der Waals surface area contributed by atoms with Crippen molar-refractivity contribution in [1.29, 1.82) is 0 Å². The minimum atomic E-state index is -0.306. The molecule has 1 aromatic carbocycles. The van der Waals surface area contributed by atoms with E-state index in [1.54, 1.807) is 12.1 Å². The molecular weight excluding hydrogens is 209 g/mol. The number of rotatable bonds is 4. The summed E-state index contributed by atoms with van der Waals surface area (Å²) in [5.74, 6) is 0.211. The minimum Gasteiger partial charge on any atom is -0.493 e. The third-order valence-electron chi connectivity index (χ3n) is 2.95. The van der Waals surface area contributed by atoms with E-state index < -0.39 is 0 Å². The van der Waals surface area contributed by atoms with Gasteiger partial charge < -0.3 is 15.6 Å². The van der Waals surface area contributed by atoms with Crippen molar-refractivity contribution >= 4 is 0 Å². The Hall–Kier alpha value is -1.13. The first kappa shape index (κ1) is 11.4. The molecule has 4 heteroatoms. The summed E-state index contributed by atoms with van der Waals surface area (Å²) in [6.45, 7) is 0.451. The molecule has 1 saturated carbocycles. The largest absolute Gasteiger partial charge is 0.493 e. The van der Waals surface area contributed by atoms with Gasteiger partial charge in [0.15, 0.2) is 0 Å². The van der Waals surface area contributed by atoms with E-state index >= 15 is 0 Å². The van der Waals surface area contributed by atoms with Crippen molar-refractivity contribution < 1.29 is 14.2 Å². The van der Waals surface area contributed by atoms with Crippen molar-refractivity contribution in [3.8, 4) is 5.75 Å². The van der Waals surface area contributed by atoms with Crippen LogP contribution in [0.15, 0.2) is 24.3 Å². The maximum absolute atomic E-state index is 12.8. The van der Waals surface area contributed by atoms with Gasteiger partial charge in [0.1, 0.15) is 11.6 Å². The zero-order valence-electron chi connectivity index (χ0n) is 9.03. The fourth-order valence-corrected chi connectivity index (χ4v) is 2.01. The number of aliphatic hydroxyl groups is 1. The summed E-state index contributed by atoms with van der Waals surface area (Å²) < 4.78 is 18.2. The number of hydrogen-bond acceptors (Lipinski definition) is 3. The first-order valence-corrected chi connectivity index (χ1v) is 5.43. The fourth-order valence-electron chi connectivity index (χ4n) is 2.01. The highest BCUT2D eigenvalue weighted by Gasteiger charge is 2.39. The summed E-state index contributed by atoms with van der Waals surface area (Å²) in [6, 6.07) is 6.04. The normalized spacial score (nSPS) is 28.6. The van der Waals surface area contributed by atoms with E-state index in [-0.39, 0.29) is 17.5 Å². The Morgan fingerprint density at radius 1 is 1.50 bits per heavy atom. The zero-order chi connectivity index (χ0) is 11.6. The van der Waals surface area contributed by atoms with Crippen LogP contribution < -0.4 is 10.5 Å². The molecule has 3 nitrogen and oxygen atoms in total. The molecule has 0 amide bonds. The predicted molar refractivity (Wildman–Crippen MR) is 58.7 cm³/mol. The van der Waals surface area contributed by atoms with E-state index in [4.69, 9.17) is 15.6 Å². The molecule has 16 heavy (non-hydrogen) atoms. The maximum atomic E-state index is 12.8. The summed E-state index contributed by atoms with van der Waals surface area (Å²) >= 11 is 0. The third-order valence-corrected chi connectivity index (χ3v) is 2.95. The van der Waals surface area contributed by atoms with Gasteiger partial charge in [-0.25, -0.2) is 4.39 Å². The van der Waals surface area contributed by atoms with Crippen molar-refractivity contribution in [2.45, 2.75) is 30.9 Å². The van der Waals surface area contributed by atoms with Crippen LogP contribution in [0, 0.1) is 5.82 Å². The number of benzene rings is 1. The molecule has 0 unspecified atom stereocenters. The summed E-state index contributed by atoms with van der Waals surface area (Å²) in [5, 5.41) is 9.17. The van der Waals surface area contributed by atoms with Gasteiger partial charge in [-0.15, -0.1) is 0 Å². The van der Waals surface area contributed by atoms with E-state index in [1.807, 2.05) is 0 Å². The Bertz CT molecular complexity index is 364. The second-order valence-corrected chi connectivity index (χ2v) is 4.48. The minimum absolute atomic E-state index is 0.265. The van der Waals surface area contributed by atoms with Crippen LogP contribution in [-0.2, 0) is 0 Å². The molecule has 0 atom stereocenters. The van der Waals surface area contributed by atoms with Gasteiger partial charge in [-0.1, -0.05) is 6.07 Å². The second kappa shape index (κ2) is 4.39. The van der Waals surface area contributed by atoms with Crippen molar-refractivity contribution in [2.24, 2.45) is 5.73 Å². The second-order valence-electron chi connectivity index (χ2n) is 4.48. The van der Waals surface area contributed by atoms with Crippen molar-refractivity contribution in [3.63, 3.8) is 0 Å². The Morgan fingerprint density at radius 2 is 2.25 bits per heavy atom. The lowest BCUT2D eigenvalue weighted by Gasteiger charge is -2.42. The molecule has 2 rings (SSSR count). The van der Waals surface area contributed by atoms with E-state index in [0.29, 0.717) is 31.6 Å². The molecule has 1 aliphatic rings.